The molecule has 0 spiro atoms. The zero-order valence-electron chi connectivity index (χ0n) is 11.8. The van der Waals surface area contributed by atoms with Gasteiger partial charge in [-0.25, -0.2) is 12.8 Å². The number of nitrogens with two attached hydrogens (primary N) is 1. The number of carbonyl (C=O) groups is 1. The lowest BCUT2D eigenvalue weighted by molar-refractivity contribution is -0.123. The third-order valence-corrected chi connectivity index (χ3v) is 6.02. The summed E-state index contributed by atoms with van der Waals surface area (Å²) in [6.07, 6.45) is 1.20. The molecule has 2 rings (SSSR count). The summed E-state index contributed by atoms with van der Waals surface area (Å²) in [5.74, 6) is -0.958. The highest BCUT2D eigenvalue weighted by Crippen LogP contribution is 2.28. The zero-order chi connectivity index (χ0) is 15.6. The number of carbonyl (C=O) groups excluding carboxylic acids is 1. The molecule has 7 heteroatoms. The van der Waals surface area contributed by atoms with Gasteiger partial charge in [-0.3, -0.25) is 4.79 Å². The summed E-state index contributed by atoms with van der Waals surface area (Å²) in [5, 5.41) is 0. The maximum Gasteiger partial charge on any atom is 0.243 e. The predicted molar refractivity (Wildman–Crippen MR) is 76.2 cm³/mol. The fourth-order valence-corrected chi connectivity index (χ4v) is 4.07. The van der Waals surface area contributed by atoms with E-state index in [9.17, 15) is 17.6 Å². The van der Waals surface area contributed by atoms with Crippen LogP contribution in [0.5, 0.6) is 0 Å². The molecule has 0 aliphatic carbocycles. The number of nitrogens with zero attached hydrogens (tertiary/aromatic N) is 1. The highest BCUT2D eigenvalue weighted by Gasteiger charge is 2.32. The summed E-state index contributed by atoms with van der Waals surface area (Å²) in [4.78, 5) is 11.3. The second kappa shape index (κ2) is 6.11. The minimum atomic E-state index is -3.60. The first-order chi connectivity index (χ1) is 9.82. The van der Waals surface area contributed by atoms with E-state index in [1.54, 1.807) is 6.92 Å². The van der Waals surface area contributed by atoms with Crippen LogP contribution in [0.25, 0.3) is 0 Å². The average Bonchev–Trinajstić information content (AvgIpc) is 2.47. The number of amides is 1. The lowest BCUT2D eigenvalue weighted by Crippen LogP contribution is -2.41. The van der Waals surface area contributed by atoms with Crippen molar-refractivity contribution in [3.63, 3.8) is 0 Å². The van der Waals surface area contributed by atoms with Crippen molar-refractivity contribution >= 4 is 15.9 Å². The molecule has 1 heterocycles. The van der Waals surface area contributed by atoms with Crippen LogP contribution in [0.1, 0.15) is 19.8 Å². The van der Waals surface area contributed by atoms with Gasteiger partial charge in [0.05, 0.1) is 4.90 Å². The number of primary amides is 1. The van der Waals surface area contributed by atoms with Gasteiger partial charge in [0.25, 0.3) is 0 Å². The van der Waals surface area contributed by atoms with Gasteiger partial charge >= 0.3 is 0 Å². The number of piperidine rings is 1. The van der Waals surface area contributed by atoms with Gasteiger partial charge in [0.2, 0.25) is 15.9 Å². The van der Waals surface area contributed by atoms with Crippen LogP contribution in [0.15, 0.2) is 29.2 Å². The number of sulfonamides is 1. The first-order valence-electron chi connectivity index (χ1n) is 6.87. The maximum atomic E-state index is 12.9. The van der Waals surface area contributed by atoms with Crippen molar-refractivity contribution in [1.82, 2.24) is 4.31 Å². The molecule has 1 aliphatic heterocycles. The summed E-state index contributed by atoms with van der Waals surface area (Å²) in [6, 6.07) is 4.80. The molecule has 0 radical (unpaired) electrons. The minimum Gasteiger partial charge on any atom is -0.369 e. The molecule has 2 N–H and O–H groups in total. The molecule has 1 amide bonds. The van der Waals surface area contributed by atoms with E-state index in [1.807, 2.05) is 0 Å². The molecular weight excluding hydrogens is 295 g/mol. The van der Waals surface area contributed by atoms with Crippen molar-refractivity contribution in [2.24, 2.45) is 17.6 Å². The predicted octanol–water partition coefficient (Wildman–Crippen LogP) is 1.35. The van der Waals surface area contributed by atoms with Gasteiger partial charge in [-0.2, -0.15) is 4.31 Å². The van der Waals surface area contributed by atoms with Crippen LogP contribution >= 0.6 is 0 Å². The molecule has 1 aromatic carbocycles. The van der Waals surface area contributed by atoms with Gasteiger partial charge in [0.15, 0.2) is 0 Å². The molecule has 0 saturated carbocycles. The number of rotatable bonds is 4. The number of hydrogen-bond donors (Lipinski definition) is 1. The van der Waals surface area contributed by atoms with Crippen molar-refractivity contribution in [3.05, 3.63) is 30.1 Å². The second-order valence-electron chi connectivity index (χ2n) is 5.39. The Kier molecular flexibility index (Phi) is 4.63. The molecule has 0 bridgehead atoms. The Morgan fingerprint density at radius 2 is 1.81 bits per heavy atom. The van der Waals surface area contributed by atoms with Crippen LogP contribution < -0.4 is 5.73 Å². The van der Waals surface area contributed by atoms with Crippen LogP contribution in [0.2, 0.25) is 0 Å². The Hall–Kier alpha value is -1.47. The third-order valence-electron chi connectivity index (χ3n) is 4.11. The SMILES string of the molecule is CC(C(N)=O)C1CCN(S(=O)(=O)c2ccc(F)cc2)CC1. The Labute approximate surface area is 124 Å². The Morgan fingerprint density at radius 1 is 1.29 bits per heavy atom. The Bertz CT molecular complexity index is 608. The smallest absolute Gasteiger partial charge is 0.243 e. The highest BCUT2D eigenvalue weighted by molar-refractivity contribution is 7.89. The van der Waals surface area contributed by atoms with E-state index in [-0.39, 0.29) is 22.6 Å². The first kappa shape index (κ1) is 15.9. The molecule has 1 unspecified atom stereocenters. The second-order valence-corrected chi connectivity index (χ2v) is 7.32. The largest absolute Gasteiger partial charge is 0.369 e. The van der Waals surface area contributed by atoms with Crippen molar-refractivity contribution in [2.75, 3.05) is 13.1 Å². The van der Waals surface area contributed by atoms with E-state index >= 15 is 0 Å². The molecule has 116 valence electrons. The standard InChI is InChI=1S/C14H19FN2O3S/c1-10(14(16)18)11-6-8-17(9-7-11)21(19,20)13-4-2-12(15)3-5-13/h2-5,10-11H,6-9H2,1H3,(H2,16,18). The maximum absolute atomic E-state index is 12.9. The summed E-state index contributed by atoms with van der Waals surface area (Å²) in [6.45, 7) is 2.47. The van der Waals surface area contributed by atoms with Crippen LogP contribution in [0, 0.1) is 17.7 Å². The van der Waals surface area contributed by atoms with Gasteiger partial charge in [-0.15, -0.1) is 0 Å². The average molecular weight is 314 g/mol. The van der Waals surface area contributed by atoms with Crippen molar-refractivity contribution in [1.29, 1.82) is 0 Å². The number of benzene rings is 1. The number of hydrogen-bond acceptors (Lipinski definition) is 3. The van der Waals surface area contributed by atoms with Gasteiger partial charge in [0.1, 0.15) is 5.82 Å². The topological polar surface area (TPSA) is 80.5 Å². The zero-order valence-corrected chi connectivity index (χ0v) is 12.6. The quantitative estimate of drug-likeness (QED) is 0.911. The van der Waals surface area contributed by atoms with Crippen LogP contribution in [-0.4, -0.2) is 31.7 Å². The number of halogens is 1. The minimum absolute atomic E-state index is 0.0882. The molecule has 1 atom stereocenters. The van der Waals surface area contributed by atoms with Gasteiger partial charge in [-0.05, 0) is 43.0 Å². The summed E-state index contributed by atoms with van der Waals surface area (Å²) in [5.41, 5.74) is 5.29. The fourth-order valence-electron chi connectivity index (χ4n) is 2.60. The first-order valence-corrected chi connectivity index (χ1v) is 8.31. The third kappa shape index (κ3) is 3.41. The lowest BCUT2D eigenvalue weighted by Gasteiger charge is -2.33. The van der Waals surface area contributed by atoms with Crippen molar-refractivity contribution in [3.8, 4) is 0 Å². The highest BCUT2D eigenvalue weighted by atomic mass is 32.2. The molecular formula is C14H19FN2O3S. The van der Waals surface area contributed by atoms with E-state index in [4.69, 9.17) is 5.73 Å². The fraction of sp³-hybridized carbons (Fsp3) is 0.500. The Morgan fingerprint density at radius 3 is 2.29 bits per heavy atom. The summed E-state index contributed by atoms with van der Waals surface area (Å²) < 4.78 is 39.1. The van der Waals surface area contributed by atoms with E-state index in [0.29, 0.717) is 25.9 Å². The molecule has 5 nitrogen and oxygen atoms in total. The van der Waals surface area contributed by atoms with Gasteiger partial charge in [-0.1, -0.05) is 6.92 Å². The van der Waals surface area contributed by atoms with E-state index < -0.39 is 15.8 Å². The molecule has 1 aromatic rings. The van der Waals surface area contributed by atoms with E-state index in [0.717, 1.165) is 12.1 Å². The summed E-state index contributed by atoms with van der Waals surface area (Å²) >= 11 is 0. The van der Waals surface area contributed by atoms with Crippen molar-refractivity contribution < 1.29 is 17.6 Å². The van der Waals surface area contributed by atoms with E-state index in [1.165, 1.54) is 16.4 Å². The van der Waals surface area contributed by atoms with E-state index in [2.05, 4.69) is 0 Å². The molecule has 0 aromatic heterocycles. The van der Waals surface area contributed by atoms with Gasteiger partial charge < -0.3 is 5.73 Å². The van der Waals surface area contributed by atoms with Crippen LogP contribution in [-0.2, 0) is 14.8 Å². The molecule has 1 aliphatic rings. The molecule has 21 heavy (non-hydrogen) atoms. The lowest BCUT2D eigenvalue weighted by atomic mass is 9.86. The molecule has 1 fully saturated rings. The van der Waals surface area contributed by atoms with Crippen LogP contribution in [0.3, 0.4) is 0 Å². The normalized spacial score (nSPS) is 19.3. The molecule has 1 saturated heterocycles. The van der Waals surface area contributed by atoms with Gasteiger partial charge in [0, 0.05) is 19.0 Å². The monoisotopic (exact) mass is 314 g/mol. The Balaban J connectivity index is 2.07. The summed E-state index contributed by atoms with van der Waals surface area (Å²) in [7, 11) is -3.60. The van der Waals surface area contributed by atoms with Crippen molar-refractivity contribution in [2.45, 2.75) is 24.7 Å². The van der Waals surface area contributed by atoms with Crippen LogP contribution in [0.4, 0.5) is 4.39 Å².